The molecule has 0 amide bonds. The molecule has 0 heterocycles. The monoisotopic (exact) mass is 254 g/mol. The van der Waals surface area contributed by atoms with Crippen molar-refractivity contribution >= 4 is 0 Å². The fourth-order valence-electron chi connectivity index (χ4n) is 2.18. The van der Waals surface area contributed by atoms with E-state index in [9.17, 15) is 10.2 Å². The third-order valence-corrected chi connectivity index (χ3v) is 3.44. The predicted molar refractivity (Wildman–Crippen MR) is 77.6 cm³/mol. The van der Waals surface area contributed by atoms with Crippen LogP contribution in [0.2, 0.25) is 0 Å². The molecule has 0 fully saturated rings. The van der Waals surface area contributed by atoms with Gasteiger partial charge in [-0.25, -0.2) is 0 Å². The largest absolute Gasteiger partial charge is 0.508 e. The average molecular weight is 254 g/mol. The number of hydrogen-bond donors (Lipinski definition) is 2. The molecule has 0 aromatic heterocycles. The fraction of sp³-hybridized carbons (Fsp3) is 0.176. The van der Waals surface area contributed by atoms with E-state index < -0.39 is 0 Å². The van der Waals surface area contributed by atoms with Crippen molar-refractivity contribution in [3.05, 3.63) is 71.8 Å². The molecule has 2 aromatic carbocycles. The molecule has 2 heteroatoms. The van der Waals surface area contributed by atoms with Gasteiger partial charge in [0.05, 0.1) is 0 Å². The Kier molecular flexibility index (Phi) is 3.91. The van der Waals surface area contributed by atoms with Gasteiger partial charge >= 0.3 is 0 Å². The highest BCUT2D eigenvalue weighted by molar-refractivity contribution is 5.48. The Labute approximate surface area is 113 Å². The van der Waals surface area contributed by atoms with Gasteiger partial charge in [0.1, 0.15) is 11.5 Å². The second-order valence-electron chi connectivity index (χ2n) is 4.67. The van der Waals surface area contributed by atoms with Crippen LogP contribution in [0.5, 0.6) is 11.5 Å². The Balaban J connectivity index is 2.29. The van der Waals surface area contributed by atoms with Crippen molar-refractivity contribution in [1.82, 2.24) is 0 Å². The smallest absolute Gasteiger partial charge is 0.125 e. The number of hydrogen-bond acceptors (Lipinski definition) is 2. The van der Waals surface area contributed by atoms with Gasteiger partial charge in [0, 0.05) is 11.5 Å². The minimum atomic E-state index is 0.121. The second kappa shape index (κ2) is 5.61. The van der Waals surface area contributed by atoms with Crippen LogP contribution in [-0.4, -0.2) is 10.2 Å². The molecule has 0 radical (unpaired) electrons. The molecule has 2 aromatic rings. The standard InChI is InChI=1S/C17H18O2/c1-3-13(14-7-5-4-6-8-14)11-15-9-10-16(18)12(2)17(15)19/h3-10,13,18-19H,1,11H2,2H3. The maximum absolute atomic E-state index is 10.1. The Hall–Kier alpha value is -2.22. The van der Waals surface area contributed by atoms with E-state index in [-0.39, 0.29) is 17.4 Å². The summed E-state index contributed by atoms with van der Waals surface area (Å²) in [6.07, 6.45) is 2.55. The van der Waals surface area contributed by atoms with Crippen molar-refractivity contribution in [3.8, 4) is 11.5 Å². The van der Waals surface area contributed by atoms with Gasteiger partial charge in [-0.15, -0.1) is 6.58 Å². The average Bonchev–Trinajstić information content (AvgIpc) is 2.45. The Bertz CT molecular complexity index is 573. The van der Waals surface area contributed by atoms with Gasteiger partial charge in [0.25, 0.3) is 0 Å². The molecule has 2 nitrogen and oxygen atoms in total. The first-order valence-corrected chi connectivity index (χ1v) is 6.31. The second-order valence-corrected chi connectivity index (χ2v) is 4.67. The molecule has 1 unspecified atom stereocenters. The molecular weight excluding hydrogens is 236 g/mol. The molecule has 2 N–H and O–H groups in total. The minimum Gasteiger partial charge on any atom is -0.508 e. The normalized spacial score (nSPS) is 12.1. The summed E-state index contributed by atoms with van der Waals surface area (Å²) in [6, 6.07) is 13.5. The zero-order chi connectivity index (χ0) is 13.8. The van der Waals surface area contributed by atoms with Gasteiger partial charge in [-0.3, -0.25) is 0 Å². The van der Waals surface area contributed by atoms with Crippen molar-refractivity contribution < 1.29 is 10.2 Å². The van der Waals surface area contributed by atoms with Crippen LogP contribution >= 0.6 is 0 Å². The van der Waals surface area contributed by atoms with Crippen LogP contribution in [-0.2, 0) is 6.42 Å². The summed E-state index contributed by atoms with van der Waals surface area (Å²) < 4.78 is 0. The lowest BCUT2D eigenvalue weighted by atomic mass is 9.91. The molecule has 0 aliphatic heterocycles. The zero-order valence-electron chi connectivity index (χ0n) is 11.0. The number of aromatic hydroxyl groups is 2. The summed E-state index contributed by atoms with van der Waals surface area (Å²) in [4.78, 5) is 0. The summed E-state index contributed by atoms with van der Waals surface area (Å²) in [5, 5.41) is 19.6. The minimum absolute atomic E-state index is 0.121. The molecule has 2 rings (SSSR count). The molecule has 1 atom stereocenters. The summed E-state index contributed by atoms with van der Waals surface area (Å²) in [5.41, 5.74) is 2.51. The van der Waals surface area contributed by atoms with Crippen molar-refractivity contribution in [1.29, 1.82) is 0 Å². The van der Waals surface area contributed by atoms with E-state index in [0.29, 0.717) is 12.0 Å². The summed E-state index contributed by atoms with van der Waals surface area (Å²) in [5.74, 6) is 0.440. The van der Waals surface area contributed by atoms with Crippen LogP contribution in [0.3, 0.4) is 0 Å². The highest BCUT2D eigenvalue weighted by Gasteiger charge is 2.13. The van der Waals surface area contributed by atoms with E-state index in [1.807, 2.05) is 24.3 Å². The summed E-state index contributed by atoms with van der Waals surface area (Å²) in [7, 11) is 0. The highest BCUT2D eigenvalue weighted by atomic mass is 16.3. The van der Waals surface area contributed by atoms with Crippen LogP contribution in [0.15, 0.2) is 55.1 Å². The van der Waals surface area contributed by atoms with Crippen molar-refractivity contribution in [2.75, 3.05) is 0 Å². The van der Waals surface area contributed by atoms with Gasteiger partial charge in [0.15, 0.2) is 0 Å². The number of allylic oxidation sites excluding steroid dienone is 1. The molecule has 0 aliphatic rings. The molecule has 0 spiro atoms. The topological polar surface area (TPSA) is 40.5 Å². The summed E-state index contributed by atoms with van der Waals surface area (Å²) >= 11 is 0. The maximum atomic E-state index is 10.1. The lowest BCUT2D eigenvalue weighted by molar-refractivity contribution is 0.438. The van der Waals surface area contributed by atoms with Crippen LogP contribution in [0.25, 0.3) is 0 Å². The lowest BCUT2D eigenvalue weighted by Gasteiger charge is -2.15. The van der Waals surface area contributed by atoms with Crippen molar-refractivity contribution in [3.63, 3.8) is 0 Å². The van der Waals surface area contributed by atoms with Gasteiger partial charge in [-0.1, -0.05) is 42.5 Å². The van der Waals surface area contributed by atoms with Gasteiger partial charge in [0.2, 0.25) is 0 Å². The van der Waals surface area contributed by atoms with E-state index in [0.717, 1.165) is 5.56 Å². The number of phenolic OH excluding ortho intramolecular Hbond substituents is 2. The van der Waals surface area contributed by atoms with Crippen LogP contribution < -0.4 is 0 Å². The van der Waals surface area contributed by atoms with Gasteiger partial charge in [-0.05, 0) is 30.5 Å². The number of rotatable bonds is 4. The molecule has 0 aliphatic carbocycles. The summed E-state index contributed by atoms with van der Waals surface area (Å²) in [6.45, 7) is 5.58. The molecule has 0 saturated carbocycles. The lowest BCUT2D eigenvalue weighted by Crippen LogP contribution is -2.00. The zero-order valence-corrected chi connectivity index (χ0v) is 11.0. The van der Waals surface area contributed by atoms with E-state index in [2.05, 4.69) is 18.7 Å². The maximum Gasteiger partial charge on any atom is 0.125 e. The van der Waals surface area contributed by atoms with Gasteiger partial charge < -0.3 is 10.2 Å². The van der Waals surface area contributed by atoms with Crippen molar-refractivity contribution in [2.24, 2.45) is 0 Å². The van der Waals surface area contributed by atoms with Crippen molar-refractivity contribution in [2.45, 2.75) is 19.3 Å². The first-order chi connectivity index (χ1) is 9.13. The Morgan fingerprint density at radius 3 is 2.42 bits per heavy atom. The Morgan fingerprint density at radius 2 is 1.79 bits per heavy atom. The molecule has 98 valence electrons. The van der Waals surface area contributed by atoms with Crippen LogP contribution in [0.1, 0.15) is 22.6 Å². The third kappa shape index (κ3) is 2.79. The van der Waals surface area contributed by atoms with Crippen LogP contribution in [0.4, 0.5) is 0 Å². The van der Waals surface area contributed by atoms with E-state index in [1.165, 1.54) is 5.56 Å². The highest BCUT2D eigenvalue weighted by Crippen LogP contribution is 2.33. The van der Waals surface area contributed by atoms with E-state index in [1.54, 1.807) is 19.1 Å². The molecular formula is C17H18O2. The molecule has 19 heavy (non-hydrogen) atoms. The number of phenols is 2. The number of benzene rings is 2. The Morgan fingerprint density at radius 1 is 1.11 bits per heavy atom. The first kappa shape index (κ1) is 13.2. The quantitative estimate of drug-likeness (QED) is 0.812. The fourth-order valence-corrected chi connectivity index (χ4v) is 2.18. The molecule has 0 saturated heterocycles. The van der Waals surface area contributed by atoms with E-state index in [4.69, 9.17) is 0 Å². The SMILES string of the molecule is C=CC(Cc1ccc(O)c(C)c1O)c1ccccc1. The van der Waals surface area contributed by atoms with E-state index >= 15 is 0 Å². The van der Waals surface area contributed by atoms with Crippen LogP contribution in [0, 0.1) is 6.92 Å². The predicted octanol–water partition coefficient (Wildman–Crippen LogP) is 3.92. The third-order valence-electron chi connectivity index (χ3n) is 3.44. The first-order valence-electron chi connectivity index (χ1n) is 6.31. The van der Waals surface area contributed by atoms with Gasteiger partial charge in [-0.2, -0.15) is 0 Å². The molecule has 0 bridgehead atoms.